The number of amides is 2. The van der Waals surface area contributed by atoms with E-state index in [9.17, 15) is 9.59 Å². The van der Waals surface area contributed by atoms with Crippen LogP contribution in [0.4, 0.5) is 11.4 Å². The van der Waals surface area contributed by atoms with Crippen LogP contribution in [-0.4, -0.2) is 50.6 Å². The van der Waals surface area contributed by atoms with Crippen molar-refractivity contribution in [2.75, 3.05) is 38.0 Å². The van der Waals surface area contributed by atoms with Gasteiger partial charge in [0.2, 0.25) is 11.8 Å². The Balaban J connectivity index is 3.20. The maximum absolute atomic E-state index is 13.0. The fraction of sp³-hybridized carbons (Fsp3) is 0.636. The number of rotatable bonds is 9. The van der Waals surface area contributed by atoms with E-state index in [1.165, 1.54) is 7.11 Å². The molecule has 0 aromatic heterocycles. The van der Waals surface area contributed by atoms with Crippen molar-refractivity contribution in [3.8, 4) is 0 Å². The third-order valence-corrected chi connectivity index (χ3v) is 4.59. The summed E-state index contributed by atoms with van der Waals surface area (Å²) in [5.41, 5.74) is 2.67. The molecule has 0 heterocycles. The molecule has 1 N–H and O–H groups in total. The van der Waals surface area contributed by atoms with Crippen molar-refractivity contribution in [1.82, 2.24) is 4.90 Å². The van der Waals surface area contributed by atoms with Crippen LogP contribution in [0.3, 0.4) is 0 Å². The highest BCUT2D eigenvalue weighted by Gasteiger charge is 2.25. The van der Waals surface area contributed by atoms with Crippen molar-refractivity contribution >= 4 is 23.2 Å². The summed E-state index contributed by atoms with van der Waals surface area (Å²) in [7, 11) is 5.45. The van der Waals surface area contributed by atoms with E-state index in [-0.39, 0.29) is 29.9 Å². The van der Waals surface area contributed by atoms with Gasteiger partial charge in [-0.2, -0.15) is 0 Å². The Bertz CT molecular complexity index is 665. The maximum atomic E-state index is 13.0. The predicted molar refractivity (Wildman–Crippen MR) is 116 cm³/mol. The van der Waals surface area contributed by atoms with Crippen LogP contribution < -0.4 is 10.2 Å². The summed E-state index contributed by atoms with van der Waals surface area (Å²) in [6.45, 7) is 10.9. The van der Waals surface area contributed by atoms with Gasteiger partial charge in [0.25, 0.3) is 0 Å². The fourth-order valence-corrected chi connectivity index (χ4v) is 3.00. The Hall–Kier alpha value is -2.08. The van der Waals surface area contributed by atoms with E-state index in [1.807, 2.05) is 42.1 Å². The minimum atomic E-state index is -0.200. The van der Waals surface area contributed by atoms with Gasteiger partial charge in [0, 0.05) is 51.6 Å². The van der Waals surface area contributed by atoms with E-state index in [4.69, 9.17) is 4.74 Å². The van der Waals surface area contributed by atoms with Crippen LogP contribution in [0.25, 0.3) is 0 Å². The molecule has 0 spiro atoms. The van der Waals surface area contributed by atoms with E-state index in [2.05, 4.69) is 39.9 Å². The quantitative estimate of drug-likeness (QED) is 0.693. The van der Waals surface area contributed by atoms with Crippen LogP contribution in [0.5, 0.6) is 0 Å². The van der Waals surface area contributed by atoms with Gasteiger partial charge in [0.15, 0.2) is 0 Å². The Labute approximate surface area is 170 Å². The molecule has 0 aliphatic rings. The van der Waals surface area contributed by atoms with Crippen molar-refractivity contribution in [2.24, 2.45) is 5.41 Å². The molecule has 0 unspecified atom stereocenters. The van der Waals surface area contributed by atoms with Crippen molar-refractivity contribution in [2.45, 2.75) is 60.0 Å². The molecule has 2 amide bonds. The van der Waals surface area contributed by atoms with Crippen molar-refractivity contribution < 1.29 is 14.3 Å². The summed E-state index contributed by atoms with van der Waals surface area (Å²) in [4.78, 5) is 28.9. The number of carbonyl (C=O) groups is 2. The molecular weight excluding hydrogens is 354 g/mol. The van der Waals surface area contributed by atoms with Crippen molar-refractivity contribution in [3.63, 3.8) is 0 Å². The van der Waals surface area contributed by atoms with E-state index in [1.54, 1.807) is 0 Å². The first-order chi connectivity index (χ1) is 13.0. The van der Waals surface area contributed by atoms with Gasteiger partial charge >= 0.3 is 0 Å². The smallest absolute Gasteiger partial charge is 0.250 e. The van der Waals surface area contributed by atoms with Crippen LogP contribution in [-0.2, 0) is 20.9 Å². The number of hydrogen-bond donors (Lipinski definition) is 1. The van der Waals surface area contributed by atoms with E-state index < -0.39 is 0 Å². The minimum Gasteiger partial charge on any atom is -0.377 e. The van der Waals surface area contributed by atoms with Gasteiger partial charge in [-0.05, 0) is 42.5 Å². The molecule has 1 aromatic carbocycles. The lowest BCUT2D eigenvalue weighted by atomic mass is 9.91. The molecule has 0 aliphatic carbocycles. The van der Waals surface area contributed by atoms with Gasteiger partial charge in [-0.3, -0.25) is 9.59 Å². The topological polar surface area (TPSA) is 61.9 Å². The van der Waals surface area contributed by atoms with E-state index >= 15 is 0 Å². The largest absolute Gasteiger partial charge is 0.377 e. The Morgan fingerprint density at radius 1 is 1.21 bits per heavy atom. The zero-order valence-electron chi connectivity index (χ0n) is 18.8. The maximum Gasteiger partial charge on any atom is 0.250 e. The lowest BCUT2D eigenvalue weighted by molar-refractivity contribution is -0.136. The zero-order valence-corrected chi connectivity index (χ0v) is 18.8. The van der Waals surface area contributed by atoms with Crippen LogP contribution in [0.1, 0.15) is 53.0 Å². The van der Waals surface area contributed by atoms with Crippen molar-refractivity contribution in [3.05, 3.63) is 23.8 Å². The van der Waals surface area contributed by atoms with Gasteiger partial charge in [-0.1, -0.05) is 27.7 Å². The Kier molecular flexibility index (Phi) is 8.95. The molecule has 0 fully saturated rings. The van der Waals surface area contributed by atoms with Gasteiger partial charge in [-0.25, -0.2) is 0 Å². The molecule has 158 valence electrons. The van der Waals surface area contributed by atoms with Crippen LogP contribution in [0, 0.1) is 5.41 Å². The molecule has 6 nitrogen and oxygen atoms in total. The van der Waals surface area contributed by atoms with Gasteiger partial charge in [0.05, 0.1) is 0 Å². The summed E-state index contributed by atoms with van der Waals surface area (Å²) in [5, 5.41) is 2.85. The number of nitrogens with zero attached hydrogens (tertiary/aromatic N) is 2. The zero-order chi connectivity index (χ0) is 21.5. The summed E-state index contributed by atoms with van der Waals surface area (Å²) < 4.78 is 4.88. The summed E-state index contributed by atoms with van der Waals surface area (Å²) in [6, 6.07) is 5.93. The molecule has 0 aliphatic heterocycles. The average Bonchev–Trinajstić information content (AvgIpc) is 2.57. The van der Waals surface area contributed by atoms with Gasteiger partial charge < -0.3 is 19.9 Å². The molecule has 0 bridgehead atoms. The second kappa shape index (κ2) is 10.5. The minimum absolute atomic E-state index is 0.00777. The molecular formula is C22H37N3O3. The van der Waals surface area contributed by atoms with Crippen molar-refractivity contribution in [1.29, 1.82) is 0 Å². The Morgan fingerprint density at radius 3 is 2.36 bits per heavy atom. The summed E-state index contributed by atoms with van der Waals surface area (Å²) >= 11 is 0. The molecule has 1 aromatic rings. The van der Waals surface area contributed by atoms with Gasteiger partial charge in [0.1, 0.15) is 6.61 Å². The molecule has 1 rings (SSSR count). The molecule has 28 heavy (non-hydrogen) atoms. The summed E-state index contributed by atoms with van der Waals surface area (Å²) in [5.74, 6) is -0.0472. The van der Waals surface area contributed by atoms with E-state index in [0.29, 0.717) is 18.7 Å². The SMILES string of the molecule is CC[C@@H](C)N(Cc1cc(NC(=O)COC)ccc1N(C)C)C(=O)CC(C)(C)C. The lowest BCUT2D eigenvalue weighted by Crippen LogP contribution is -2.39. The highest BCUT2D eigenvalue weighted by atomic mass is 16.5. The van der Waals surface area contributed by atoms with Crippen LogP contribution in [0.15, 0.2) is 18.2 Å². The van der Waals surface area contributed by atoms with Crippen LogP contribution >= 0.6 is 0 Å². The molecule has 0 radical (unpaired) electrons. The van der Waals surface area contributed by atoms with E-state index in [0.717, 1.165) is 17.7 Å². The number of nitrogens with one attached hydrogen (secondary N) is 1. The third-order valence-electron chi connectivity index (χ3n) is 4.59. The predicted octanol–water partition coefficient (Wildman–Crippen LogP) is 3.90. The number of hydrogen-bond acceptors (Lipinski definition) is 4. The number of ether oxygens (including phenoxy) is 1. The lowest BCUT2D eigenvalue weighted by Gasteiger charge is -2.33. The number of methoxy groups -OCH3 is 1. The second-order valence-corrected chi connectivity index (χ2v) is 8.74. The molecule has 0 saturated carbocycles. The first kappa shape index (κ1) is 24.0. The molecule has 6 heteroatoms. The third kappa shape index (κ3) is 7.50. The summed E-state index contributed by atoms with van der Waals surface area (Å²) in [6.07, 6.45) is 1.39. The first-order valence-electron chi connectivity index (χ1n) is 9.87. The standard InChI is InChI=1S/C22H37N3O3/c1-9-16(2)25(21(27)13-22(3,4)5)14-17-12-18(23-20(26)15-28-8)10-11-19(17)24(6)7/h10-12,16H,9,13-15H2,1-8H3,(H,23,26)/t16-/m1/s1. The first-order valence-corrected chi connectivity index (χ1v) is 9.87. The monoisotopic (exact) mass is 391 g/mol. The number of carbonyl (C=O) groups excluding carboxylic acids is 2. The fourth-order valence-electron chi connectivity index (χ4n) is 3.00. The van der Waals surface area contributed by atoms with Gasteiger partial charge in [-0.15, -0.1) is 0 Å². The number of anilines is 2. The van der Waals surface area contributed by atoms with Crippen LogP contribution in [0.2, 0.25) is 0 Å². The normalized spacial score (nSPS) is 12.4. The Morgan fingerprint density at radius 2 is 1.86 bits per heavy atom. The second-order valence-electron chi connectivity index (χ2n) is 8.74. The highest BCUT2D eigenvalue weighted by molar-refractivity contribution is 5.92. The average molecular weight is 392 g/mol. The number of benzene rings is 1. The molecule has 1 atom stereocenters. The molecule has 0 saturated heterocycles. The highest BCUT2D eigenvalue weighted by Crippen LogP contribution is 2.27.